The van der Waals surface area contributed by atoms with Crippen molar-refractivity contribution in [2.24, 2.45) is 7.05 Å². The number of benzene rings is 1. The van der Waals surface area contributed by atoms with E-state index in [-0.39, 0.29) is 16.4 Å². The lowest BCUT2D eigenvalue weighted by atomic mass is 10.1. The van der Waals surface area contributed by atoms with Crippen LogP contribution in [-0.2, 0) is 17.8 Å². The highest BCUT2D eigenvalue weighted by molar-refractivity contribution is 7.84. The van der Waals surface area contributed by atoms with Gasteiger partial charge in [0.1, 0.15) is 5.69 Å². The summed E-state index contributed by atoms with van der Waals surface area (Å²) < 4.78 is 13.1. The number of nitrogens with two attached hydrogens (primary N) is 1. The molecule has 1 aromatic carbocycles. The van der Waals surface area contributed by atoms with Crippen molar-refractivity contribution in [3.63, 3.8) is 0 Å². The monoisotopic (exact) mass is 341 g/mol. The van der Waals surface area contributed by atoms with Crippen molar-refractivity contribution in [3.8, 4) is 22.5 Å². The highest BCUT2D eigenvalue weighted by Crippen LogP contribution is 2.29. The normalized spacial score (nSPS) is 12.1. The summed E-state index contributed by atoms with van der Waals surface area (Å²) in [6.45, 7) is 0. The van der Waals surface area contributed by atoms with Crippen LogP contribution in [0.1, 0.15) is 0 Å². The lowest BCUT2D eigenvalue weighted by Gasteiger charge is -2.11. The lowest BCUT2D eigenvalue weighted by Crippen LogP contribution is -2.21. The Hall–Kier alpha value is -2.87. The van der Waals surface area contributed by atoms with Crippen LogP contribution < -0.4 is 11.3 Å². The molecule has 7 nitrogen and oxygen atoms in total. The highest BCUT2D eigenvalue weighted by atomic mass is 32.2. The molecule has 2 N–H and O–H groups in total. The summed E-state index contributed by atoms with van der Waals surface area (Å²) in [5.41, 5.74) is 7.48. The second-order valence-corrected chi connectivity index (χ2v) is 6.40. The molecular formula is C16H15N5O2S. The Kier molecular flexibility index (Phi) is 4.22. The minimum Gasteiger partial charge on any atom is -0.381 e. The van der Waals surface area contributed by atoms with E-state index in [2.05, 4.69) is 15.1 Å². The van der Waals surface area contributed by atoms with Crippen molar-refractivity contribution in [2.75, 3.05) is 12.0 Å². The van der Waals surface area contributed by atoms with Gasteiger partial charge in [0.05, 0.1) is 22.1 Å². The number of nitrogen functional groups attached to an aromatic ring is 1. The molecule has 122 valence electrons. The van der Waals surface area contributed by atoms with Crippen LogP contribution in [0.25, 0.3) is 22.5 Å². The zero-order valence-electron chi connectivity index (χ0n) is 13.1. The minimum absolute atomic E-state index is 0.0873. The summed E-state index contributed by atoms with van der Waals surface area (Å²) in [7, 11) is 0.129. The molecule has 1 unspecified atom stereocenters. The molecule has 0 aliphatic rings. The quantitative estimate of drug-likeness (QED) is 0.768. The van der Waals surface area contributed by atoms with E-state index in [1.54, 1.807) is 13.1 Å². The topological polar surface area (TPSA) is 104 Å². The Morgan fingerprint density at radius 3 is 2.46 bits per heavy atom. The summed E-state index contributed by atoms with van der Waals surface area (Å²) in [6, 6.07) is 10.8. The van der Waals surface area contributed by atoms with E-state index < -0.39 is 10.8 Å². The number of rotatable bonds is 3. The fraction of sp³-hybridized carbons (Fsp3) is 0.125. The summed E-state index contributed by atoms with van der Waals surface area (Å²) in [5.74, 6) is 0.0873. The van der Waals surface area contributed by atoms with Gasteiger partial charge in [-0.05, 0) is 6.07 Å². The van der Waals surface area contributed by atoms with Crippen molar-refractivity contribution < 1.29 is 4.21 Å². The number of aryl methyl sites for hydroxylation is 1. The van der Waals surface area contributed by atoms with E-state index in [1.807, 2.05) is 30.3 Å². The van der Waals surface area contributed by atoms with E-state index in [0.29, 0.717) is 17.0 Å². The molecule has 24 heavy (non-hydrogen) atoms. The first-order valence-electron chi connectivity index (χ1n) is 7.08. The molecule has 2 heterocycles. The SMILES string of the molecule is Cn1nccc(-c2nc(S(C)=O)c(N)nc2-c2ccccc2)c1=O. The average Bonchev–Trinajstić information content (AvgIpc) is 2.58. The summed E-state index contributed by atoms with van der Waals surface area (Å²) in [5, 5.41) is 4.07. The third kappa shape index (κ3) is 2.83. The zero-order chi connectivity index (χ0) is 17.3. The van der Waals surface area contributed by atoms with Gasteiger partial charge in [0.15, 0.2) is 10.8 Å². The number of hydrogen-bond acceptors (Lipinski definition) is 6. The van der Waals surface area contributed by atoms with Crippen LogP contribution in [0.3, 0.4) is 0 Å². The molecule has 0 bridgehead atoms. The number of aromatic nitrogens is 4. The molecule has 1 atom stereocenters. The summed E-state index contributed by atoms with van der Waals surface area (Å²) >= 11 is 0. The number of nitrogens with zero attached hydrogens (tertiary/aromatic N) is 4. The summed E-state index contributed by atoms with van der Waals surface area (Å²) in [4.78, 5) is 21.2. The molecular weight excluding hydrogens is 326 g/mol. The standard InChI is InChI=1S/C16H15N5O2S/c1-21-16(22)11(8-9-18-21)13-12(10-6-4-3-5-7-10)19-14(17)15(20-13)24(2)23/h3-9H,1-2H3,(H2,17,19). The molecule has 0 aliphatic carbocycles. The van der Waals surface area contributed by atoms with Crippen LogP contribution in [0.4, 0.5) is 5.82 Å². The average molecular weight is 341 g/mol. The smallest absolute Gasteiger partial charge is 0.276 e. The minimum atomic E-state index is -1.42. The maximum Gasteiger partial charge on any atom is 0.276 e. The Bertz CT molecular complexity index is 986. The first-order chi connectivity index (χ1) is 11.5. The van der Waals surface area contributed by atoms with Crippen LogP contribution in [0.2, 0.25) is 0 Å². The molecule has 0 saturated heterocycles. The molecule has 0 amide bonds. The van der Waals surface area contributed by atoms with Crippen molar-refractivity contribution in [1.82, 2.24) is 19.7 Å². The van der Waals surface area contributed by atoms with Crippen LogP contribution >= 0.6 is 0 Å². The van der Waals surface area contributed by atoms with Crippen molar-refractivity contribution in [1.29, 1.82) is 0 Å². The predicted molar refractivity (Wildman–Crippen MR) is 92.7 cm³/mol. The second-order valence-electron chi connectivity index (χ2n) is 5.11. The van der Waals surface area contributed by atoms with E-state index in [0.717, 1.165) is 5.56 Å². The molecule has 8 heteroatoms. The second kappa shape index (κ2) is 6.32. The number of hydrogen-bond donors (Lipinski definition) is 1. The van der Waals surface area contributed by atoms with Crippen molar-refractivity contribution in [3.05, 3.63) is 52.9 Å². The fourth-order valence-electron chi connectivity index (χ4n) is 2.32. The van der Waals surface area contributed by atoms with Crippen LogP contribution in [0, 0.1) is 0 Å². The van der Waals surface area contributed by atoms with Gasteiger partial charge >= 0.3 is 0 Å². The maximum absolute atomic E-state index is 12.4. The van der Waals surface area contributed by atoms with Gasteiger partial charge in [0, 0.05) is 25.1 Å². The van der Waals surface area contributed by atoms with Gasteiger partial charge in [-0.3, -0.25) is 9.00 Å². The van der Waals surface area contributed by atoms with E-state index in [1.165, 1.54) is 17.1 Å². The Morgan fingerprint density at radius 1 is 1.08 bits per heavy atom. The molecule has 0 aliphatic heterocycles. The predicted octanol–water partition coefficient (Wildman–Crippen LogP) is 1.22. The van der Waals surface area contributed by atoms with Gasteiger partial charge in [0.2, 0.25) is 0 Å². The highest BCUT2D eigenvalue weighted by Gasteiger charge is 2.19. The van der Waals surface area contributed by atoms with E-state index >= 15 is 0 Å². The third-order valence-electron chi connectivity index (χ3n) is 3.47. The maximum atomic E-state index is 12.4. The Morgan fingerprint density at radius 2 is 1.79 bits per heavy atom. The van der Waals surface area contributed by atoms with Crippen LogP contribution in [-0.4, -0.2) is 30.2 Å². The first-order valence-corrected chi connectivity index (χ1v) is 8.64. The molecule has 0 spiro atoms. The Labute approximate surface area is 140 Å². The lowest BCUT2D eigenvalue weighted by molar-refractivity contribution is 0.684. The number of anilines is 1. The first kappa shape index (κ1) is 16.0. The van der Waals surface area contributed by atoms with Gasteiger partial charge in [-0.2, -0.15) is 5.10 Å². The van der Waals surface area contributed by atoms with Gasteiger partial charge in [-0.1, -0.05) is 30.3 Å². The molecule has 2 aromatic heterocycles. The summed E-state index contributed by atoms with van der Waals surface area (Å²) in [6.07, 6.45) is 2.98. The Balaban J connectivity index is 2.38. The molecule has 0 radical (unpaired) electrons. The molecule has 3 aromatic rings. The van der Waals surface area contributed by atoms with E-state index in [4.69, 9.17) is 5.73 Å². The molecule has 3 rings (SSSR count). The van der Waals surface area contributed by atoms with Gasteiger partial charge in [-0.25, -0.2) is 14.6 Å². The van der Waals surface area contributed by atoms with Gasteiger partial charge < -0.3 is 5.73 Å². The van der Waals surface area contributed by atoms with Gasteiger partial charge in [0.25, 0.3) is 5.56 Å². The van der Waals surface area contributed by atoms with Crippen molar-refractivity contribution in [2.45, 2.75) is 5.03 Å². The van der Waals surface area contributed by atoms with Gasteiger partial charge in [-0.15, -0.1) is 0 Å². The van der Waals surface area contributed by atoms with Crippen LogP contribution in [0.5, 0.6) is 0 Å². The molecule has 0 fully saturated rings. The largest absolute Gasteiger partial charge is 0.381 e. The third-order valence-corrected chi connectivity index (χ3v) is 4.31. The fourth-order valence-corrected chi connectivity index (χ4v) is 2.88. The van der Waals surface area contributed by atoms with Crippen LogP contribution in [0.15, 0.2) is 52.4 Å². The zero-order valence-corrected chi connectivity index (χ0v) is 13.9. The molecule has 0 saturated carbocycles. The van der Waals surface area contributed by atoms with Crippen molar-refractivity contribution >= 4 is 16.6 Å². The van der Waals surface area contributed by atoms with E-state index in [9.17, 15) is 9.00 Å².